The summed E-state index contributed by atoms with van der Waals surface area (Å²) in [6.45, 7) is 0. The summed E-state index contributed by atoms with van der Waals surface area (Å²) in [7, 11) is 0. The third-order valence-corrected chi connectivity index (χ3v) is 12.2. The quantitative estimate of drug-likeness (QED) is 0.0882. The molecule has 6 aromatic carbocycles. The largest absolute Gasteiger partial charge is 0.418 e. The van der Waals surface area contributed by atoms with Gasteiger partial charge in [0.2, 0.25) is 5.82 Å². The molecular formula is C53H26F8N10. The van der Waals surface area contributed by atoms with E-state index in [9.17, 15) is 4.39 Å². The number of aromatic nitrogens is 10. The van der Waals surface area contributed by atoms with Crippen molar-refractivity contribution in [3.05, 3.63) is 193 Å². The zero-order valence-electron chi connectivity index (χ0n) is 36.0. The molecular weight excluding hydrogens is 929 g/mol. The lowest BCUT2D eigenvalue weighted by atomic mass is 9.97. The van der Waals surface area contributed by atoms with E-state index in [1.807, 2.05) is 0 Å². The Morgan fingerprint density at radius 2 is 0.634 bits per heavy atom. The van der Waals surface area contributed by atoms with Gasteiger partial charge in [-0.25, -0.2) is 61.8 Å². The van der Waals surface area contributed by atoms with Gasteiger partial charge in [0.25, 0.3) is 0 Å². The van der Waals surface area contributed by atoms with Crippen LogP contribution in [0.5, 0.6) is 0 Å². The van der Waals surface area contributed by atoms with Gasteiger partial charge in [0, 0.05) is 98.9 Å². The summed E-state index contributed by atoms with van der Waals surface area (Å²) in [6, 6.07) is 27.3. The Morgan fingerprint density at radius 1 is 0.338 bits per heavy atom. The number of nitrogens with zero attached hydrogens (tertiary/aromatic N) is 10. The van der Waals surface area contributed by atoms with Crippen LogP contribution < -0.4 is 0 Å². The van der Waals surface area contributed by atoms with Crippen LogP contribution in [0.4, 0.5) is 35.1 Å². The van der Waals surface area contributed by atoms with Crippen molar-refractivity contribution in [3.63, 3.8) is 0 Å². The maximum Gasteiger partial charge on any atom is 0.418 e. The van der Waals surface area contributed by atoms with Crippen LogP contribution in [0.25, 0.3) is 112 Å². The van der Waals surface area contributed by atoms with Gasteiger partial charge in [0.1, 0.15) is 0 Å². The number of halogens is 8. The summed E-state index contributed by atoms with van der Waals surface area (Å²) in [6.07, 6.45) is 7.02. The molecule has 0 radical (unpaired) electrons. The van der Waals surface area contributed by atoms with Crippen LogP contribution in [0, 0.1) is 29.1 Å². The predicted octanol–water partition coefficient (Wildman–Crippen LogP) is 13.1. The lowest BCUT2D eigenvalue weighted by molar-refractivity contribution is -0.137. The molecule has 0 atom stereocenters. The van der Waals surface area contributed by atoms with Crippen LogP contribution in [0.3, 0.4) is 0 Å². The predicted molar refractivity (Wildman–Crippen MR) is 249 cm³/mol. The highest BCUT2D eigenvalue weighted by atomic mass is 19.4. The Labute approximate surface area is 394 Å². The minimum atomic E-state index is -5.22. The molecule has 6 aromatic heterocycles. The topological polar surface area (TPSA) is 113 Å². The van der Waals surface area contributed by atoms with E-state index in [0.29, 0.717) is 73.2 Å². The van der Waals surface area contributed by atoms with Gasteiger partial charge in [0.05, 0.1) is 44.6 Å². The first kappa shape index (κ1) is 43.0. The van der Waals surface area contributed by atoms with Gasteiger partial charge in [-0.2, -0.15) is 13.2 Å². The summed E-state index contributed by atoms with van der Waals surface area (Å²) in [4.78, 5) is 34.8. The molecule has 10 nitrogen and oxygen atoms in total. The molecule has 0 aliphatic carbocycles. The van der Waals surface area contributed by atoms with E-state index < -0.39 is 63.3 Å². The maximum absolute atomic E-state index is 16.5. The van der Waals surface area contributed by atoms with Gasteiger partial charge in [-0.15, -0.1) is 0 Å². The second-order valence-electron chi connectivity index (χ2n) is 16.2. The number of hydrogen-bond donors (Lipinski definition) is 0. The summed E-state index contributed by atoms with van der Waals surface area (Å²) in [5, 5.41) is 1.61. The summed E-state index contributed by atoms with van der Waals surface area (Å²) in [5.41, 5.74) is -2.05. The molecule has 0 saturated carbocycles. The first-order chi connectivity index (χ1) is 34.4. The number of fused-ring (bicyclic) bond motifs is 6. The Morgan fingerprint density at radius 3 is 0.944 bits per heavy atom. The van der Waals surface area contributed by atoms with Gasteiger partial charge in [-0.05, 0) is 109 Å². The van der Waals surface area contributed by atoms with Crippen molar-refractivity contribution in [1.82, 2.24) is 49.0 Å². The van der Waals surface area contributed by atoms with E-state index in [-0.39, 0.29) is 22.1 Å². The minimum absolute atomic E-state index is 0.176. The fourth-order valence-corrected chi connectivity index (χ4v) is 9.13. The van der Waals surface area contributed by atoms with Gasteiger partial charge in [0.15, 0.2) is 46.6 Å². The monoisotopic (exact) mass is 954 g/mol. The maximum atomic E-state index is 16.5. The summed E-state index contributed by atoms with van der Waals surface area (Å²) >= 11 is 0. The molecule has 12 aromatic rings. The first-order valence-electron chi connectivity index (χ1n) is 21.5. The second-order valence-corrected chi connectivity index (χ2v) is 16.2. The lowest BCUT2D eigenvalue weighted by Gasteiger charge is -2.22. The van der Waals surface area contributed by atoms with Gasteiger partial charge >= 0.3 is 6.18 Å². The fourth-order valence-electron chi connectivity index (χ4n) is 9.13. The molecule has 0 aliphatic heterocycles. The van der Waals surface area contributed by atoms with Crippen molar-refractivity contribution in [1.29, 1.82) is 0 Å². The zero-order chi connectivity index (χ0) is 48.7. The summed E-state index contributed by atoms with van der Waals surface area (Å²) < 4.78 is 130. The number of benzene rings is 6. The standard InChI is InChI=1S/C53H26F8N10/c54-44-43(45(55)47(57)48(58)46(44)56)35-25-42(71-39-11-7-29(51-66-17-3-18-67-51)23-33(39)34-24-30(8-12-40(34)71)52-68-19-4-20-69-52)36(53(59,60)61)26-41(35)70-37-9-5-27(49-62-13-1-14-63-49)21-31(37)32-22-28(6-10-38(32)70)50-64-15-2-16-65-50/h1-26H. The Balaban J connectivity index is 1.22. The van der Waals surface area contributed by atoms with Crippen molar-refractivity contribution >= 4 is 43.6 Å². The Bertz CT molecular complexity index is 3870. The van der Waals surface area contributed by atoms with E-state index >= 15 is 30.7 Å². The van der Waals surface area contributed by atoms with Crippen molar-refractivity contribution in [2.75, 3.05) is 0 Å². The lowest BCUT2D eigenvalue weighted by Crippen LogP contribution is -2.14. The van der Waals surface area contributed by atoms with Crippen LogP contribution in [0.1, 0.15) is 5.56 Å². The number of hydrogen-bond acceptors (Lipinski definition) is 8. The first-order valence-corrected chi connectivity index (χ1v) is 21.5. The molecule has 71 heavy (non-hydrogen) atoms. The summed E-state index contributed by atoms with van der Waals surface area (Å²) in [5.74, 6) is -10.3. The molecule has 0 unspecified atom stereocenters. The molecule has 0 amide bonds. The average molecular weight is 955 g/mol. The van der Waals surface area contributed by atoms with Crippen LogP contribution in [0.2, 0.25) is 0 Å². The van der Waals surface area contributed by atoms with E-state index in [1.54, 1.807) is 97.1 Å². The van der Waals surface area contributed by atoms with Gasteiger partial charge in [-0.1, -0.05) is 0 Å². The van der Waals surface area contributed by atoms with E-state index in [0.717, 1.165) is 6.07 Å². The zero-order valence-corrected chi connectivity index (χ0v) is 36.0. The molecule has 0 aliphatic rings. The molecule has 12 rings (SSSR count). The molecule has 0 bridgehead atoms. The van der Waals surface area contributed by atoms with Crippen LogP contribution in [-0.4, -0.2) is 49.0 Å². The molecule has 18 heteroatoms. The SMILES string of the molecule is Fc1c(F)c(F)c(-c2cc(-n3c4ccc(-c5ncccn5)cc4c4cc(-c5ncccn5)ccc43)c(C(F)(F)F)cc2-n2c3ccc(-c4ncccn4)cc3c3cc(-c4ncccn4)ccc32)c(F)c1F. The van der Waals surface area contributed by atoms with E-state index in [4.69, 9.17) is 0 Å². The highest BCUT2D eigenvalue weighted by Gasteiger charge is 2.38. The second kappa shape index (κ2) is 16.4. The van der Waals surface area contributed by atoms with Gasteiger partial charge < -0.3 is 9.13 Å². The third kappa shape index (κ3) is 7.01. The van der Waals surface area contributed by atoms with Crippen LogP contribution in [0.15, 0.2) is 159 Å². The van der Waals surface area contributed by atoms with Crippen molar-refractivity contribution < 1.29 is 35.1 Å². The molecule has 0 saturated heterocycles. The molecule has 6 heterocycles. The van der Waals surface area contributed by atoms with Crippen molar-refractivity contribution in [2.24, 2.45) is 0 Å². The Kier molecular flexibility index (Phi) is 9.95. The molecule has 0 fully saturated rings. The normalized spacial score (nSPS) is 11.9. The molecule has 0 N–H and O–H groups in total. The van der Waals surface area contributed by atoms with Crippen LogP contribution >= 0.6 is 0 Å². The van der Waals surface area contributed by atoms with Crippen molar-refractivity contribution in [2.45, 2.75) is 6.18 Å². The molecule has 0 spiro atoms. The van der Waals surface area contributed by atoms with Crippen molar-refractivity contribution in [3.8, 4) is 68.1 Å². The highest BCUT2D eigenvalue weighted by Crippen LogP contribution is 2.47. The van der Waals surface area contributed by atoms with E-state index in [1.165, 1.54) is 58.7 Å². The van der Waals surface area contributed by atoms with Crippen LogP contribution in [-0.2, 0) is 6.18 Å². The number of alkyl halides is 3. The third-order valence-electron chi connectivity index (χ3n) is 12.2. The van der Waals surface area contributed by atoms with E-state index in [2.05, 4.69) is 39.9 Å². The smallest absolute Gasteiger partial charge is 0.309 e. The number of rotatable bonds is 7. The minimum Gasteiger partial charge on any atom is -0.309 e. The fraction of sp³-hybridized carbons (Fsp3) is 0.0189. The highest BCUT2D eigenvalue weighted by molar-refractivity contribution is 6.13. The Hall–Kier alpha value is -9.32. The molecule has 344 valence electrons. The van der Waals surface area contributed by atoms with Gasteiger partial charge in [-0.3, -0.25) is 0 Å². The average Bonchev–Trinajstić information content (AvgIpc) is 3.91.